The number of halogens is 1. The van der Waals surface area contributed by atoms with E-state index in [1.54, 1.807) is 0 Å². The molecule has 1 aliphatic rings. The van der Waals surface area contributed by atoms with Gasteiger partial charge >= 0.3 is 5.97 Å². The van der Waals surface area contributed by atoms with Gasteiger partial charge in [-0.25, -0.2) is 4.79 Å². The molecule has 76 valence electrons. The molecule has 4 nitrogen and oxygen atoms in total. The van der Waals surface area contributed by atoms with E-state index in [1.165, 1.54) is 19.3 Å². The van der Waals surface area contributed by atoms with Crippen LogP contribution in [0.4, 0.5) is 0 Å². The number of esters is 1. The smallest absolute Gasteiger partial charge is 0.339 e. The summed E-state index contributed by atoms with van der Waals surface area (Å²) in [6, 6.07) is 0. The second-order valence-corrected chi connectivity index (χ2v) is 3.97. The van der Waals surface area contributed by atoms with Gasteiger partial charge in [0.05, 0.1) is 17.5 Å². The third kappa shape index (κ3) is 2.24. The highest BCUT2D eigenvalue weighted by Crippen LogP contribution is 2.21. The highest BCUT2D eigenvalue weighted by molar-refractivity contribution is 7.73. The van der Waals surface area contributed by atoms with E-state index in [-0.39, 0.29) is 21.9 Å². The Hall–Kier alpha value is -1.07. The van der Waals surface area contributed by atoms with E-state index in [1.807, 2.05) is 0 Å². The van der Waals surface area contributed by atoms with E-state index in [9.17, 15) is 13.2 Å². The summed E-state index contributed by atoms with van der Waals surface area (Å²) >= 11 is 5.73. The van der Waals surface area contributed by atoms with Gasteiger partial charge in [-0.2, -0.15) is 8.42 Å². The van der Waals surface area contributed by atoms with Gasteiger partial charge in [0, 0.05) is 11.5 Å². The van der Waals surface area contributed by atoms with E-state index in [4.69, 9.17) is 11.6 Å². The molecule has 0 amide bonds. The normalized spacial score (nSPS) is 15.7. The highest BCUT2D eigenvalue weighted by atomic mass is 35.5. The number of carbonyl (C=O) groups is 1. The van der Waals surface area contributed by atoms with Crippen molar-refractivity contribution in [3.63, 3.8) is 0 Å². The zero-order valence-electron chi connectivity index (χ0n) is 7.28. The maximum atomic E-state index is 11.1. The summed E-state index contributed by atoms with van der Waals surface area (Å²) < 4.78 is 25.6. The van der Waals surface area contributed by atoms with Crippen LogP contribution in [0.25, 0.3) is 0 Å². The van der Waals surface area contributed by atoms with Crippen LogP contribution in [0.5, 0.6) is 0 Å². The lowest BCUT2D eigenvalue weighted by molar-refractivity contribution is -0.135. The van der Waals surface area contributed by atoms with Gasteiger partial charge < -0.3 is 4.74 Å². The minimum Gasteiger partial charge on any atom is -0.465 e. The van der Waals surface area contributed by atoms with E-state index >= 15 is 0 Å². The van der Waals surface area contributed by atoms with Crippen molar-refractivity contribution in [1.82, 2.24) is 0 Å². The third-order valence-corrected chi connectivity index (χ3v) is 2.72. The van der Waals surface area contributed by atoms with Gasteiger partial charge in [0.1, 0.15) is 0 Å². The number of hydrogen-bond donors (Lipinski definition) is 0. The van der Waals surface area contributed by atoms with Crippen molar-refractivity contribution in [3.8, 4) is 0 Å². The summed E-state index contributed by atoms with van der Waals surface area (Å²) in [6.45, 7) is 0. The molecule has 6 heteroatoms. The molecular weight excluding hydrogens is 228 g/mol. The third-order valence-electron chi connectivity index (χ3n) is 1.68. The Labute approximate surface area is 87.3 Å². The quantitative estimate of drug-likeness (QED) is 0.494. The minimum atomic E-state index is -2.29. The van der Waals surface area contributed by atoms with Crippen LogP contribution < -0.4 is 0 Å². The van der Waals surface area contributed by atoms with Crippen molar-refractivity contribution in [2.45, 2.75) is 6.42 Å². The molecule has 1 aliphatic carbocycles. The van der Waals surface area contributed by atoms with E-state index in [0.717, 1.165) is 0 Å². The van der Waals surface area contributed by atoms with Crippen LogP contribution in [0.1, 0.15) is 6.42 Å². The Kier molecular flexibility index (Phi) is 3.49. The number of allylic oxidation sites excluding steroid dienone is 2. The Bertz CT molecular complexity index is 448. The molecule has 0 heterocycles. The zero-order chi connectivity index (χ0) is 10.7. The lowest BCUT2D eigenvalue weighted by atomic mass is 10.1. The van der Waals surface area contributed by atoms with Crippen LogP contribution >= 0.6 is 11.6 Å². The van der Waals surface area contributed by atoms with Crippen molar-refractivity contribution in [1.29, 1.82) is 0 Å². The number of carbonyl (C=O) groups excluding carboxylic acids is 1. The highest BCUT2D eigenvalue weighted by Gasteiger charge is 2.17. The molecule has 0 spiro atoms. The lowest BCUT2D eigenvalue weighted by Gasteiger charge is -2.08. The minimum absolute atomic E-state index is 0.0403. The van der Waals surface area contributed by atoms with Crippen LogP contribution in [-0.2, 0) is 19.8 Å². The second kappa shape index (κ2) is 4.43. The topological polar surface area (TPSA) is 60.4 Å². The summed E-state index contributed by atoms with van der Waals surface area (Å²) in [5, 5.41) is 0.179. The fraction of sp³-hybridized carbons (Fsp3) is 0.250. The van der Waals surface area contributed by atoms with Crippen LogP contribution in [0.15, 0.2) is 22.8 Å². The van der Waals surface area contributed by atoms with E-state index < -0.39 is 16.3 Å². The summed E-state index contributed by atoms with van der Waals surface area (Å²) in [6.07, 6.45) is 2.71. The molecular formula is C8H7ClO4S. The maximum absolute atomic E-state index is 11.1. The Morgan fingerprint density at radius 1 is 1.50 bits per heavy atom. The number of methoxy groups -OCH3 is 1. The first kappa shape index (κ1) is 11.0. The van der Waals surface area contributed by atoms with Crippen molar-refractivity contribution in [2.75, 3.05) is 7.11 Å². The van der Waals surface area contributed by atoms with Crippen molar-refractivity contribution in [3.05, 3.63) is 22.8 Å². The lowest BCUT2D eigenvalue weighted by Crippen LogP contribution is -2.10. The number of hydrogen-bond acceptors (Lipinski definition) is 4. The van der Waals surface area contributed by atoms with Crippen LogP contribution in [0.3, 0.4) is 0 Å². The molecule has 0 radical (unpaired) electrons. The molecule has 0 atom stereocenters. The molecule has 0 saturated carbocycles. The standard InChI is InChI=1S/C8H7ClO4S/c1-13-8(10)6-3-2-5(14(11)12)4-7(6)9/h2-3H,4H2,1H3. The molecule has 0 unspecified atom stereocenters. The summed E-state index contributed by atoms with van der Waals surface area (Å²) in [5.74, 6) is -0.568. The first-order valence-corrected chi connectivity index (χ1v) is 5.11. The van der Waals surface area contributed by atoms with Gasteiger partial charge in [0.2, 0.25) is 10.3 Å². The van der Waals surface area contributed by atoms with E-state index in [2.05, 4.69) is 4.74 Å². The van der Waals surface area contributed by atoms with Gasteiger partial charge in [-0.1, -0.05) is 11.6 Å². The summed E-state index contributed by atoms with van der Waals surface area (Å²) in [7, 11) is -1.06. The van der Waals surface area contributed by atoms with Crippen LogP contribution in [-0.4, -0.2) is 26.4 Å². The molecule has 0 aromatic heterocycles. The molecule has 14 heavy (non-hydrogen) atoms. The Morgan fingerprint density at radius 3 is 2.57 bits per heavy atom. The largest absolute Gasteiger partial charge is 0.465 e. The van der Waals surface area contributed by atoms with Gasteiger partial charge in [-0.15, -0.1) is 0 Å². The SMILES string of the molecule is COC(=O)C1=C(Cl)CC(=S(=O)=O)C=C1. The van der Waals surface area contributed by atoms with Gasteiger partial charge in [0.15, 0.2) is 0 Å². The average Bonchev–Trinajstić information content (AvgIpc) is 2.16. The Morgan fingerprint density at radius 2 is 2.14 bits per heavy atom. The first-order valence-electron chi connectivity index (χ1n) is 3.66. The number of ether oxygens (including phenoxy) is 1. The summed E-state index contributed by atoms with van der Waals surface area (Å²) in [5.41, 5.74) is 0.198. The molecule has 0 N–H and O–H groups in total. The van der Waals surface area contributed by atoms with Gasteiger partial charge in [-0.05, 0) is 12.2 Å². The predicted molar refractivity (Wildman–Crippen MR) is 52.6 cm³/mol. The predicted octanol–water partition coefficient (Wildman–Crippen LogP) is 0.664. The van der Waals surface area contributed by atoms with Crippen molar-refractivity contribution < 1.29 is 17.9 Å². The molecule has 0 aliphatic heterocycles. The maximum Gasteiger partial charge on any atom is 0.339 e. The number of rotatable bonds is 1. The van der Waals surface area contributed by atoms with Crippen molar-refractivity contribution in [2.24, 2.45) is 0 Å². The molecule has 0 aromatic rings. The zero-order valence-corrected chi connectivity index (χ0v) is 8.85. The van der Waals surface area contributed by atoms with E-state index in [0.29, 0.717) is 0 Å². The van der Waals surface area contributed by atoms with Gasteiger partial charge in [-0.3, -0.25) is 0 Å². The molecule has 0 aromatic carbocycles. The fourth-order valence-corrected chi connectivity index (χ4v) is 1.78. The first-order chi connectivity index (χ1) is 6.56. The average molecular weight is 235 g/mol. The fourth-order valence-electron chi connectivity index (χ4n) is 0.977. The second-order valence-electron chi connectivity index (χ2n) is 2.52. The van der Waals surface area contributed by atoms with Crippen molar-refractivity contribution >= 4 is 32.7 Å². The summed E-state index contributed by atoms with van der Waals surface area (Å²) in [4.78, 5) is 11.2. The van der Waals surface area contributed by atoms with Crippen LogP contribution in [0.2, 0.25) is 0 Å². The van der Waals surface area contributed by atoms with Gasteiger partial charge in [0.25, 0.3) is 0 Å². The molecule has 1 rings (SSSR count). The molecule has 0 bridgehead atoms. The Balaban J connectivity index is 3.08. The molecule has 0 fully saturated rings. The van der Waals surface area contributed by atoms with Crippen LogP contribution in [0, 0.1) is 0 Å². The molecule has 0 saturated heterocycles. The monoisotopic (exact) mass is 234 g/mol.